The number of hydrogen-bond acceptors (Lipinski definition) is 1. The van der Waals surface area contributed by atoms with Gasteiger partial charge in [-0.1, -0.05) is 40.4 Å². The van der Waals surface area contributed by atoms with Crippen LogP contribution in [0.3, 0.4) is 0 Å². The molecular weight excluding hydrogens is 204 g/mol. The van der Waals surface area contributed by atoms with Crippen molar-refractivity contribution in [3.05, 3.63) is 10.6 Å². The summed E-state index contributed by atoms with van der Waals surface area (Å²) < 4.78 is 6.08. The quantitative estimate of drug-likeness (QED) is 0.618. The van der Waals surface area contributed by atoms with Crippen LogP contribution < -0.4 is 0 Å². The standard InChI is InChI=1S/C11H24OSi2/c1-11(2,3)9-10(13(4,5)6)14(7,8)12-9/h1-8H3. The monoisotopic (exact) mass is 228 g/mol. The van der Waals surface area contributed by atoms with Crippen LogP contribution >= 0.6 is 0 Å². The molecule has 0 fully saturated rings. The highest BCUT2D eigenvalue weighted by atomic mass is 28.4. The van der Waals surface area contributed by atoms with Crippen molar-refractivity contribution in [2.45, 2.75) is 53.5 Å². The minimum Gasteiger partial charge on any atom is -0.543 e. The molecule has 0 N–H and O–H groups in total. The first-order valence-corrected chi connectivity index (χ1v) is 11.8. The van der Waals surface area contributed by atoms with Gasteiger partial charge in [0.25, 0.3) is 8.32 Å². The summed E-state index contributed by atoms with van der Waals surface area (Å²) in [6, 6.07) is 0. The molecule has 1 heterocycles. The molecule has 0 amide bonds. The number of hydrogen-bond donors (Lipinski definition) is 0. The second-order valence-electron chi connectivity index (χ2n) is 6.82. The molecule has 1 aliphatic rings. The maximum atomic E-state index is 6.08. The van der Waals surface area contributed by atoms with Crippen LogP contribution in [0, 0.1) is 5.41 Å². The molecule has 0 saturated heterocycles. The van der Waals surface area contributed by atoms with Gasteiger partial charge in [-0.05, 0) is 17.9 Å². The zero-order valence-electron chi connectivity index (χ0n) is 10.9. The molecule has 0 radical (unpaired) electrons. The van der Waals surface area contributed by atoms with E-state index in [1.807, 2.05) is 0 Å². The summed E-state index contributed by atoms with van der Waals surface area (Å²) in [5, 5.41) is 0. The smallest absolute Gasteiger partial charge is 0.271 e. The number of allylic oxidation sites excluding steroid dienone is 1. The van der Waals surface area contributed by atoms with E-state index < -0.39 is 16.4 Å². The molecule has 3 heteroatoms. The summed E-state index contributed by atoms with van der Waals surface area (Å²) in [6.07, 6.45) is 0. The SMILES string of the molecule is CC(C)(C)C1=C([Si](C)(C)C)[Si](C)(C)O1. The van der Waals surface area contributed by atoms with Gasteiger partial charge in [0.15, 0.2) is 0 Å². The Hall–Kier alpha value is -0.0262. The van der Waals surface area contributed by atoms with Crippen LogP contribution in [0.4, 0.5) is 0 Å². The topological polar surface area (TPSA) is 9.23 Å². The first-order valence-electron chi connectivity index (χ1n) is 5.41. The summed E-state index contributed by atoms with van der Waals surface area (Å²) in [6.45, 7) is 18.7. The van der Waals surface area contributed by atoms with Gasteiger partial charge in [0, 0.05) is 5.41 Å². The third-order valence-corrected chi connectivity index (χ3v) is 10.5. The Morgan fingerprint density at radius 3 is 1.64 bits per heavy atom. The Labute approximate surface area is 90.7 Å². The van der Waals surface area contributed by atoms with Crippen molar-refractivity contribution in [3.63, 3.8) is 0 Å². The van der Waals surface area contributed by atoms with E-state index in [9.17, 15) is 0 Å². The lowest BCUT2D eigenvalue weighted by Gasteiger charge is -2.49. The van der Waals surface area contributed by atoms with Crippen molar-refractivity contribution in [2.24, 2.45) is 5.41 Å². The Morgan fingerprint density at radius 2 is 1.50 bits per heavy atom. The van der Waals surface area contributed by atoms with Crippen molar-refractivity contribution >= 4 is 16.4 Å². The van der Waals surface area contributed by atoms with Gasteiger partial charge in [0.05, 0.1) is 13.8 Å². The lowest BCUT2D eigenvalue weighted by molar-refractivity contribution is 0.262. The highest BCUT2D eigenvalue weighted by molar-refractivity contribution is 7.04. The fourth-order valence-electron chi connectivity index (χ4n) is 2.36. The predicted octanol–water partition coefficient (Wildman–Crippen LogP) is 3.94. The van der Waals surface area contributed by atoms with Crippen LogP contribution in [0.1, 0.15) is 20.8 Å². The second-order valence-corrected chi connectivity index (χ2v) is 16.0. The van der Waals surface area contributed by atoms with Crippen LogP contribution in [0.25, 0.3) is 0 Å². The van der Waals surface area contributed by atoms with E-state index in [2.05, 4.69) is 53.5 Å². The molecule has 1 aliphatic heterocycles. The predicted molar refractivity (Wildman–Crippen MR) is 68.4 cm³/mol. The van der Waals surface area contributed by atoms with E-state index in [4.69, 9.17) is 4.43 Å². The van der Waals surface area contributed by atoms with Gasteiger partial charge < -0.3 is 4.43 Å². The van der Waals surface area contributed by atoms with E-state index >= 15 is 0 Å². The van der Waals surface area contributed by atoms with Crippen LogP contribution in [-0.2, 0) is 4.43 Å². The maximum absolute atomic E-state index is 6.08. The summed E-state index contributed by atoms with van der Waals surface area (Å²) in [4.78, 5) is 1.75. The molecule has 0 spiro atoms. The molecule has 0 aromatic heterocycles. The highest BCUT2D eigenvalue weighted by Crippen LogP contribution is 2.46. The van der Waals surface area contributed by atoms with Gasteiger partial charge in [-0.15, -0.1) is 0 Å². The van der Waals surface area contributed by atoms with Gasteiger partial charge >= 0.3 is 0 Å². The fraction of sp³-hybridized carbons (Fsp3) is 0.818. The van der Waals surface area contributed by atoms with E-state index in [0.717, 1.165) is 0 Å². The first-order chi connectivity index (χ1) is 5.96. The van der Waals surface area contributed by atoms with E-state index in [1.54, 1.807) is 4.82 Å². The van der Waals surface area contributed by atoms with Crippen molar-refractivity contribution in [1.29, 1.82) is 0 Å². The average Bonchev–Trinajstić information content (AvgIpc) is 1.76. The van der Waals surface area contributed by atoms with Crippen LogP contribution in [0.15, 0.2) is 10.6 Å². The molecule has 0 saturated carbocycles. The van der Waals surface area contributed by atoms with Crippen LogP contribution in [-0.4, -0.2) is 16.4 Å². The largest absolute Gasteiger partial charge is 0.543 e. The lowest BCUT2D eigenvalue weighted by atomic mass is 9.95. The van der Waals surface area contributed by atoms with Crippen molar-refractivity contribution in [2.75, 3.05) is 0 Å². The third-order valence-electron chi connectivity index (χ3n) is 2.62. The van der Waals surface area contributed by atoms with Crippen molar-refractivity contribution in [1.82, 2.24) is 0 Å². The molecular formula is C11H24OSi2. The van der Waals surface area contributed by atoms with E-state index in [0.29, 0.717) is 0 Å². The van der Waals surface area contributed by atoms with Crippen LogP contribution in [0.5, 0.6) is 0 Å². The fourth-order valence-corrected chi connectivity index (χ4v) is 12.8. The second kappa shape index (κ2) is 2.98. The molecule has 0 aromatic carbocycles. The average molecular weight is 228 g/mol. The minimum atomic E-state index is -1.45. The molecule has 82 valence electrons. The van der Waals surface area contributed by atoms with Gasteiger partial charge in [-0.25, -0.2) is 0 Å². The molecule has 0 bridgehead atoms. The van der Waals surface area contributed by atoms with E-state index in [1.165, 1.54) is 5.76 Å². The summed E-state index contributed by atoms with van der Waals surface area (Å²) >= 11 is 0. The molecule has 1 rings (SSSR count). The summed E-state index contributed by atoms with van der Waals surface area (Å²) in [5.41, 5.74) is 0.206. The summed E-state index contributed by atoms with van der Waals surface area (Å²) in [5.74, 6) is 1.31. The zero-order chi connectivity index (χ0) is 11.4. The van der Waals surface area contributed by atoms with Crippen molar-refractivity contribution < 1.29 is 4.43 Å². The zero-order valence-corrected chi connectivity index (χ0v) is 12.9. The Morgan fingerprint density at radius 1 is 1.07 bits per heavy atom. The van der Waals surface area contributed by atoms with Gasteiger partial charge in [-0.3, -0.25) is 0 Å². The van der Waals surface area contributed by atoms with Gasteiger partial charge in [-0.2, -0.15) is 0 Å². The van der Waals surface area contributed by atoms with Crippen molar-refractivity contribution in [3.8, 4) is 0 Å². The summed E-state index contributed by atoms with van der Waals surface area (Å²) in [7, 11) is -2.61. The minimum absolute atomic E-state index is 0.206. The lowest BCUT2D eigenvalue weighted by Crippen LogP contribution is -2.55. The Bertz CT molecular complexity index is 277. The third kappa shape index (κ3) is 1.98. The van der Waals surface area contributed by atoms with E-state index in [-0.39, 0.29) is 5.41 Å². The van der Waals surface area contributed by atoms with Gasteiger partial charge in [0.2, 0.25) is 0 Å². The normalized spacial score (nSPS) is 21.7. The molecule has 0 aliphatic carbocycles. The highest BCUT2D eigenvalue weighted by Gasteiger charge is 2.51. The molecule has 0 atom stereocenters. The Balaban J connectivity index is 3.18. The number of rotatable bonds is 1. The van der Waals surface area contributed by atoms with Crippen LogP contribution in [0.2, 0.25) is 32.7 Å². The molecule has 1 nitrogen and oxygen atoms in total. The van der Waals surface area contributed by atoms with Gasteiger partial charge in [0.1, 0.15) is 0 Å². The molecule has 0 aromatic rings. The Kier molecular flexibility index (Phi) is 2.57. The first kappa shape index (κ1) is 12.0. The molecule has 14 heavy (non-hydrogen) atoms. The molecule has 0 unspecified atom stereocenters. The maximum Gasteiger partial charge on any atom is 0.271 e.